The van der Waals surface area contributed by atoms with Crippen molar-refractivity contribution in [2.45, 2.75) is 31.7 Å². The summed E-state index contributed by atoms with van der Waals surface area (Å²) < 4.78 is 1.84. The van der Waals surface area contributed by atoms with Gasteiger partial charge in [0.1, 0.15) is 5.69 Å². The summed E-state index contributed by atoms with van der Waals surface area (Å²) in [5, 5.41) is 4.95. The molecule has 3 rings (SSSR count). The molecule has 1 saturated carbocycles. The molecule has 16 heavy (non-hydrogen) atoms. The summed E-state index contributed by atoms with van der Waals surface area (Å²) >= 11 is 1.50. The van der Waals surface area contributed by atoms with E-state index in [1.807, 2.05) is 16.0 Å². The van der Waals surface area contributed by atoms with Gasteiger partial charge < -0.3 is 5.32 Å². The van der Waals surface area contributed by atoms with E-state index in [0.717, 1.165) is 17.8 Å². The lowest BCUT2D eigenvalue weighted by atomic mass is 10.2. The molecule has 0 bridgehead atoms. The van der Waals surface area contributed by atoms with E-state index in [1.165, 1.54) is 24.2 Å². The number of hydrogen-bond acceptors (Lipinski definition) is 3. The molecule has 0 unspecified atom stereocenters. The van der Waals surface area contributed by atoms with Gasteiger partial charge in [0.2, 0.25) is 0 Å². The van der Waals surface area contributed by atoms with E-state index >= 15 is 0 Å². The quantitative estimate of drug-likeness (QED) is 0.866. The lowest BCUT2D eigenvalue weighted by molar-refractivity contribution is 0.0932. The molecule has 5 heteroatoms. The van der Waals surface area contributed by atoms with E-state index in [-0.39, 0.29) is 5.91 Å². The SMILES string of the molecule is O=C(NC1CCCC1)c1csc2nccn12. The fourth-order valence-electron chi connectivity index (χ4n) is 2.22. The molecular weight excluding hydrogens is 222 g/mol. The minimum Gasteiger partial charge on any atom is -0.348 e. The van der Waals surface area contributed by atoms with Crippen LogP contribution in [0.5, 0.6) is 0 Å². The molecule has 0 atom stereocenters. The highest BCUT2D eigenvalue weighted by Crippen LogP contribution is 2.19. The maximum atomic E-state index is 12.0. The Morgan fingerprint density at radius 2 is 2.31 bits per heavy atom. The number of rotatable bonds is 2. The first kappa shape index (κ1) is 9.84. The minimum absolute atomic E-state index is 0.0242. The summed E-state index contributed by atoms with van der Waals surface area (Å²) in [4.78, 5) is 17.0. The standard InChI is InChI=1S/C11H13N3OS/c15-10(13-8-3-1-2-4-8)9-7-16-11-12-5-6-14(9)11/h5-8H,1-4H2,(H,13,15). The second kappa shape index (κ2) is 3.90. The van der Waals surface area contributed by atoms with Crippen molar-refractivity contribution in [1.29, 1.82) is 0 Å². The van der Waals surface area contributed by atoms with Crippen molar-refractivity contribution in [3.63, 3.8) is 0 Å². The van der Waals surface area contributed by atoms with Crippen molar-refractivity contribution < 1.29 is 4.79 Å². The van der Waals surface area contributed by atoms with Crippen molar-refractivity contribution in [2.75, 3.05) is 0 Å². The van der Waals surface area contributed by atoms with Crippen LogP contribution in [0.4, 0.5) is 0 Å². The van der Waals surface area contributed by atoms with Gasteiger partial charge in [-0.2, -0.15) is 0 Å². The molecule has 0 aromatic carbocycles. The summed E-state index contributed by atoms with van der Waals surface area (Å²) in [6.45, 7) is 0. The first-order valence-electron chi connectivity index (χ1n) is 5.56. The van der Waals surface area contributed by atoms with E-state index in [9.17, 15) is 4.79 Å². The van der Waals surface area contributed by atoms with Gasteiger partial charge in [0.05, 0.1) is 0 Å². The van der Waals surface area contributed by atoms with E-state index in [0.29, 0.717) is 11.7 Å². The van der Waals surface area contributed by atoms with Gasteiger partial charge in [-0.1, -0.05) is 12.8 Å². The molecule has 4 nitrogen and oxygen atoms in total. The number of nitrogens with one attached hydrogen (secondary N) is 1. The highest BCUT2D eigenvalue weighted by atomic mass is 32.1. The molecule has 1 amide bonds. The molecule has 2 aromatic heterocycles. The molecule has 0 spiro atoms. The smallest absolute Gasteiger partial charge is 0.269 e. The maximum absolute atomic E-state index is 12.0. The third-order valence-electron chi connectivity index (χ3n) is 3.07. The molecule has 84 valence electrons. The molecule has 1 N–H and O–H groups in total. The molecular formula is C11H13N3OS. The number of hydrogen-bond donors (Lipinski definition) is 1. The third-order valence-corrected chi connectivity index (χ3v) is 3.92. The number of carbonyl (C=O) groups is 1. The van der Waals surface area contributed by atoms with Crippen molar-refractivity contribution in [3.8, 4) is 0 Å². The van der Waals surface area contributed by atoms with Crippen LogP contribution in [0, 0.1) is 0 Å². The van der Waals surface area contributed by atoms with Crippen molar-refractivity contribution in [3.05, 3.63) is 23.5 Å². The first-order valence-corrected chi connectivity index (χ1v) is 6.44. The van der Waals surface area contributed by atoms with Gasteiger partial charge in [-0.3, -0.25) is 9.20 Å². The Morgan fingerprint density at radius 1 is 1.50 bits per heavy atom. The van der Waals surface area contributed by atoms with Crippen LogP contribution < -0.4 is 5.32 Å². The number of nitrogens with zero attached hydrogens (tertiary/aromatic N) is 2. The average molecular weight is 235 g/mol. The fraction of sp³-hybridized carbons (Fsp3) is 0.455. The van der Waals surface area contributed by atoms with Gasteiger partial charge in [0.25, 0.3) is 5.91 Å². The van der Waals surface area contributed by atoms with Crippen LogP contribution >= 0.6 is 11.3 Å². The number of thiazole rings is 1. The average Bonchev–Trinajstić information content (AvgIpc) is 2.92. The number of carbonyl (C=O) groups excluding carboxylic acids is 1. The first-order chi connectivity index (χ1) is 7.84. The van der Waals surface area contributed by atoms with Crippen LogP contribution in [0.1, 0.15) is 36.2 Å². The second-order valence-corrected chi connectivity index (χ2v) is 4.99. The van der Waals surface area contributed by atoms with Crippen LogP contribution in [0.25, 0.3) is 4.96 Å². The Balaban J connectivity index is 1.81. The normalized spacial score (nSPS) is 17.0. The molecule has 0 saturated heterocycles. The number of fused-ring (bicyclic) bond motifs is 1. The molecule has 0 aliphatic heterocycles. The van der Waals surface area contributed by atoms with E-state index < -0.39 is 0 Å². The van der Waals surface area contributed by atoms with Crippen LogP contribution in [-0.2, 0) is 0 Å². The van der Waals surface area contributed by atoms with Gasteiger partial charge in [0, 0.05) is 23.8 Å². The Hall–Kier alpha value is -1.36. The molecule has 1 aliphatic carbocycles. The molecule has 0 radical (unpaired) electrons. The summed E-state index contributed by atoms with van der Waals surface area (Å²) in [6.07, 6.45) is 8.24. The lowest BCUT2D eigenvalue weighted by Gasteiger charge is -2.10. The lowest BCUT2D eigenvalue weighted by Crippen LogP contribution is -2.33. The van der Waals surface area contributed by atoms with E-state index in [1.54, 1.807) is 6.20 Å². The van der Waals surface area contributed by atoms with Crippen molar-refractivity contribution >= 4 is 22.2 Å². The summed E-state index contributed by atoms with van der Waals surface area (Å²) in [7, 11) is 0. The highest BCUT2D eigenvalue weighted by Gasteiger charge is 2.19. The number of imidazole rings is 1. The van der Waals surface area contributed by atoms with Crippen LogP contribution in [0.2, 0.25) is 0 Å². The second-order valence-electron chi connectivity index (χ2n) is 4.16. The molecule has 2 heterocycles. The molecule has 1 fully saturated rings. The summed E-state index contributed by atoms with van der Waals surface area (Å²) in [5.74, 6) is 0.0242. The highest BCUT2D eigenvalue weighted by molar-refractivity contribution is 7.15. The van der Waals surface area contributed by atoms with Crippen molar-refractivity contribution in [2.24, 2.45) is 0 Å². The predicted octanol–water partition coefficient (Wildman–Crippen LogP) is 2.07. The van der Waals surface area contributed by atoms with E-state index in [2.05, 4.69) is 10.3 Å². The van der Waals surface area contributed by atoms with Gasteiger partial charge in [-0.25, -0.2) is 4.98 Å². The zero-order valence-corrected chi connectivity index (χ0v) is 9.67. The number of aromatic nitrogens is 2. The zero-order chi connectivity index (χ0) is 11.0. The van der Waals surface area contributed by atoms with Gasteiger partial charge >= 0.3 is 0 Å². The third kappa shape index (κ3) is 1.61. The van der Waals surface area contributed by atoms with Crippen LogP contribution in [0.3, 0.4) is 0 Å². The Morgan fingerprint density at radius 3 is 3.12 bits per heavy atom. The Labute approximate surface area is 97.3 Å². The molecule has 2 aromatic rings. The van der Waals surface area contributed by atoms with E-state index in [4.69, 9.17) is 0 Å². The maximum Gasteiger partial charge on any atom is 0.269 e. The minimum atomic E-state index is 0.0242. The van der Waals surface area contributed by atoms with Crippen LogP contribution in [-0.4, -0.2) is 21.3 Å². The topological polar surface area (TPSA) is 46.4 Å². The summed E-state index contributed by atoms with van der Waals surface area (Å²) in [6, 6.07) is 0.367. The van der Waals surface area contributed by atoms with Gasteiger partial charge in [-0.05, 0) is 12.8 Å². The molecule has 1 aliphatic rings. The largest absolute Gasteiger partial charge is 0.348 e. The van der Waals surface area contributed by atoms with Crippen molar-refractivity contribution in [1.82, 2.24) is 14.7 Å². The summed E-state index contributed by atoms with van der Waals surface area (Å²) in [5.41, 5.74) is 0.699. The van der Waals surface area contributed by atoms with Gasteiger partial charge in [0.15, 0.2) is 4.96 Å². The Kier molecular flexibility index (Phi) is 2.40. The predicted molar refractivity (Wildman–Crippen MR) is 62.8 cm³/mol. The zero-order valence-electron chi connectivity index (χ0n) is 8.85. The van der Waals surface area contributed by atoms with Gasteiger partial charge in [-0.15, -0.1) is 11.3 Å². The Bertz CT molecular complexity index is 510. The fourth-order valence-corrected chi connectivity index (χ4v) is 3.05. The monoisotopic (exact) mass is 235 g/mol. The van der Waals surface area contributed by atoms with Crippen LogP contribution in [0.15, 0.2) is 17.8 Å². The number of amides is 1.